The number of primary amides is 1. The monoisotopic (exact) mass is 255 g/mol. The first-order valence-corrected chi connectivity index (χ1v) is 6.04. The molecule has 0 saturated carbocycles. The fourth-order valence-corrected chi connectivity index (χ4v) is 2.24. The molecule has 0 fully saturated rings. The lowest BCUT2D eigenvalue weighted by molar-refractivity contribution is 0.210. The van der Waals surface area contributed by atoms with Crippen LogP contribution in [0, 0.1) is 0 Å². The first-order chi connectivity index (χ1) is 9.22. The Hall–Kier alpha value is -2.49. The molecule has 1 atom stereocenters. The number of carbonyl (C=O) groups excluding carboxylic acids is 1. The molecule has 2 N–H and O–H groups in total. The smallest absolute Gasteiger partial charge is 0.409 e. The first kappa shape index (κ1) is 11.6. The molecule has 1 heterocycles. The van der Waals surface area contributed by atoms with Crippen molar-refractivity contribution in [1.82, 2.24) is 0 Å². The van der Waals surface area contributed by atoms with Gasteiger partial charge in [0.15, 0.2) is 0 Å². The molecule has 0 saturated heterocycles. The molecular formula is C15H13NO3. The molecule has 1 amide bonds. The van der Waals surface area contributed by atoms with Gasteiger partial charge in [0.1, 0.15) is 17.6 Å². The molecular weight excluding hydrogens is 242 g/mol. The van der Waals surface area contributed by atoms with Gasteiger partial charge in [0.25, 0.3) is 0 Å². The quantitative estimate of drug-likeness (QED) is 0.897. The SMILES string of the molecule is NC(=O)Oc1ccc2c(c1)O[C@H](c1ccccc1)C2. The summed E-state index contributed by atoms with van der Waals surface area (Å²) in [5.74, 6) is 1.15. The molecule has 2 aromatic carbocycles. The predicted octanol–water partition coefficient (Wildman–Crippen LogP) is 2.82. The van der Waals surface area contributed by atoms with Crippen LogP contribution in [0.2, 0.25) is 0 Å². The highest BCUT2D eigenvalue weighted by Gasteiger charge is 2.24. The Morgan fingerprint density at radius 1 is 1.21 bits per heavy atom. The van der Waals surface area contributed by atoms with Crippen LogP contribution in [-0.2, 0) is 6.42 Å². The molecule has 1 aliphatic heterocycles. The third-order valence-electron chi connectivity index (χ3n) is 3.10. The van der Waals surface area contributed by atoms with Gasteiger partial charge in [-0.1, -0.05) is 36.4 Å². The third-order valence-corrected chi connectivity index (χ3v) is 3.10. The summed E-state index contributed by atoms with van der Waals surface area (Å²) in [5, 5.41) is 0. The number of amides is 1. The summed E-state index contributed by atoms with van der Waals surface area (Å²) < 4.78 is 10.7. The van der Waals surface area contributed by atoms with Gasteiger partial charge in [-0.2, -0.15) is 0 Å². The number of rotatable bonds is 2. The van der Waals surface area contributed by atoms with E-state index >= 15 is 0 Å². The topological polar surface area (TPSA) is 61.6 Å². The van der Waals surface area contributed by atoms with Crippen LogP contribution in [0.3, 0.4) is 0 Å². The van der Waals surface area contributed by atoms with E-state index in [-0.39, 0.29) is 6.10 Å². The van der Waals surface area contributed by atoms with Crippen LogP contribution < -0.4 is 15.2 Å². The fourth-order valence-electron chi connectivity index (χ4n) is 2.24. The van der Waals surface area contributed by atoms with E-state index in [1.807, 2.05) is 36.4 Å². The van der Waals surface area contributed by atoms with Gasteiger partial charge in [-0.15, -0.1) is 0 Å². The molecule has 0 unspecified atom stereocenters. The van der Waals surface area contributed by atoms with Gasteiger partial charge < -0.3 is 15.2 Å². The van der Waals surface area contributed by atoms with E-state index in [0.29, 0.717) is 5.75 Å². The van der Waals surface area contributed by atoms with Gasteiger partial charge in [0, 0.05) is 12.5 Å². The first-order valence-electron chi connectivity index (χ1n) is 6.04. The van der Waals surface area contributed by atoms with Crippen molar-refractivity contribution in [3.05, 3.63) is 59.7 Å². The zero-order valence-electron chi connectivity index (χ0n) is 10.2. The van der Waals surface area contributed by atoms with Crippen LogP contribution in [0.1, 0.15) is 17.2 Å². The lowest BCUT2D eigenvalue weighted by Gasteiger charge is -2.10. The standard InChI is InChI=1S/C15H13NO3/c16-15(17)18-12-7-6-11-8-13(19-14(11)9-12)10-4-2-1-3-5-10/h1-7,9,13H,8H2,(H2,16,17)/t13-/m0/s1. The van der Waals surface area contributed by atoms with E-state index < -0.39 is 6.09 Å². The van der Waals surface area contributed by atoms with Gasteiger partial charge in [-0.25, -0.2) is 4.79 Å². The molecule has 4 nitrogen and oxygen atoms in total. The van der Waals surface area contributed by atoms with Crippen molar-refractivity contribution in [2.24, 2.45) is 5.73 Å². The second kappa shape index (κ2) is 4.65. The molecule has 96 valence electrons. The molecule has 0 spiro atoms. The minimum absolute atomic E-state index is 0.0139. The van der Waals surface area contributed by atoms with Gasteiger partial charge in [-0.3, -0.25) is 0 Å². The molecule has 1 aliphatic rings. The van der Waals surface area contributed by atoms with Crippen molar-refractivity contribution >= 4 is 6.09 Å². The van der Waals surface area contributed by atoms with Gasteiger partial charge >= 0.3 is 6.09 Å². The Balaban J connectivity index is 1.82. The van der Waals surface area contributed by atoms with Crippen molar-refractivity contribution in [2.45, 2.75) is 12.5 Å². The summed E-state index contributed by atoms with van der Waals surface area (Å²) in [4.78, 5) is 10.7. The molecule has 3 rings (SSSR count). The van der Waals surface area contributed by atoms with Crippen molar-refractivity contribution in [3.63, 3.8) is 0 Å². The predicted molar refractivity (Wildman–Crippen MR) is 70.2 cm³/mol. The molecule has 0 aromatic heterocycles. The average Bonchev–Trinajstić information content (AvgIpc) is 2.82. The zero-order chi connectivity index (χ0) is 13.2. The Bertz CT molecular complexity index is 610. The summed E-state index contributed by atoms with van der Waals surface area (Å²) in [6, 6.07) is 15.4. The van der Waals surface area contributed by atoms with E-state index in [0.717, 1.165) is 23.3 Å². The normalized spacial score (nSPS) is 16.5. The average molecular weight is 255 g/mol. The summed E-state index contributed by atoms with van der Waals surface area (Å²) >= 11 is 0. The maximum absolute atomic E-state index is 10.7. The number of nitrogens with two attached hydrogens (primary N) is 1. The molecule has 0 bridgehead atoms. The molecule has 2 aromatic rings. The van der Waals surface area contributed by atoms with E-state index in [1.54, 1.807) is 12.1 Å². The van der Waals surface area contributed by atoms with Crippen LogP contribution in [-0.4, -0.2) is 6.09 Å². The number of benzene rings is 2. The van der Waals surface area contributed by atoms with E-state index in [1.165, 1.54) is 0 Å². The maximum Gasteiger partial charge on any atom is 0.409 e. The lowest BCUT2D eigenvalue weighted by atomic mass is 10.0. The van der Waals surface area contributed by atoms with Crippen LogP contribution in [0.5, 0.6) is 11.5 Å². The highest BCUT2D eigenvalue weighted by molar-refractivity contribution is 5.68. The zero-order valence-corrected chi connectivity index (χ0v) is 10.2. The Morgan fingerprint density at radius 3 is 2.74 bits per heavy atom. The van der Waals surface area contributed by atoms with E-state index in [2.05, 4.69) is 0 Å². The number of fused-ring (bicyclic) bond motifs is 1. The molecule has 4 heteroatoms. The summed E-state index contributed by atoms with van der Waals surface area (Å²) in [7, 11) is 0. The number of ether oxygens (including phenoxy) is 2. The van der Waals surface area contributed by atoms with Crippen molar-refractivity contribution in [3.8, 4) is 11.5 Å². The maximum atomic E-state index is 10.7. The van der Waals surface area contributed by atoms with Crippen molar-refractivity contribution in [1.29, 1.82) is 0 Å². The summed E-state index contributed by atoms with van der Waals surface area (Å²) in [6.07, 6.45) is 0.00788. The van der Waals surface area contributed by atoms with Crippen molar-refractivity contribution < 1.29 is 14.3 Å². The Kier molecular flexibility index (Phi) is 2.83. The number of hydrogen-bond acceptors (Lipinski definition) is 3. The van der Waals surface area contributed by atoms with Crippen LogP contribution >= 0.6 is 0 Å². The van der Waals surface area contributed by atoms with Crippen molar-refractivity contribution in [2.75, 3.05) is 0 Å². The van der Waals surface area contributed by atoms with E-state index in [9.17, 15) is 4.79 Å². The second-order valence-corrected chi connectivity index (χ2v) is 4.41. The van der Waals surface area contributed by atoms with Gasteiger partial charge in [0.05, 0.1) is 0 Å². The number of hydrogen-bond donors (Lipinski definition) is 1. The minimum Gasteiger partial charge on any atom is -0.485 e. The third kappa shape index (κ3) is 2.38. The van der Waals surface area contributed by atoms with Crippen LogP contribution in [0.15, 0.2) is 48.5 Å². The Labute approximate surface area is 110 Å². The highest BCUT2D eigenvalue weighted by Crippen LogP contribution is 2.38. The second-order valence-electron chi connectivity index (χ2n) is 4.41. The van der Waals surface area contributed by atoms with Crippen LogP contribution in [0.25, 0.3) is 0 Å². The number of carbonyl (C=O) groups is 1. The van der Waals surface area contributed by atoms with Gasteiger partial charge in [0.2, 0.25) is 0 Å². The summed E-state index contributed by atoms with van der Waals surface area (Å²) in [5.41, 5.74) is 7.22. The molecule has 0 aliphatic carbocycles. The lowest BCUT2D eigenvalue weighted by Crippen LogP contribution is -2.16. The highest BCUT2D eigenvalue weighted by atomic mass is 16.5. The fraction of sp³-hybridized carbons (Fsp3) is 0.133. The molecule has 19 heavy (non-hydrogen) atoms. The summed E-state index contributed by atoms with van der Waals surface area (Å²) in [6.45, 7) is 0. The van der Waals surface area contributed by atoms with Gasteiger partial charge in [-0.05, 0) is 17.2 Å². The largest absolute Gasteiger partial charge is 0.485 e. The Morgan fingerprint density at radius 2 is 2.00 bits per heavy atom. The van der Waals surface area contributed by atoms with E-state index in [4.69, 9.17) is 15.2 Å². The van der Waals surface area contributed by atoms with Crippen LogP contribution in [0.4, 0.5) is 4.79 Å². The molecule has 0 radical (unpaired) electrons. The minimum atomic E-state index is -0.822.